The fraction of sp³-hybridized carbons (Fsp3) is 0.231. The molecule has 0 radical (unpaired) electrons. The minimum Gasteiger partial charge on any atom is -0.480 e. The summed E-state index contributed by atoms with van der Waals surface area (Å²) in [6, 6.07) is 3.03. The summed E-state index contributed by atoms with van der Waals surface area (Å²) in [4.78, 5) is 23.2. The molecule has 3 rings (SSSR count). The summed E-state index contributed by atoms with van der Waals surface area (Å²) in [5, 5.41) is 11.5. The average molecular weight is 295 g/mol. The molecule has 1 saturated heterocycles. The van der Waals surface area contributed by atoms with Crippen LogP contribution in [0, 0.1) is 5.82 Å². The molecule has 0 amide bonds. The van der Waals surface area contributed by atoms with Gasteiger partial charge in [0.25, 0.3) is 0 Å². The number of fused-ring (bicyclic) bond motifs is 1. The van der Waals surface area contributed by atoms with Crippen LogP contribution in [-0.4, -0.2) is 22.9 Å². The van der Waals surface area contributed by atoms with E-state index >= 15 is 0 Å². The van der Waals surface area contributed by atoms with E-state index in [0.717, 1.165) is 6.07 Å². The molecule has 1 fully saturated rings. The number of nitrogens with one attached hydrogen (secondary N) is 1. The van der Waals surface area contributed by atoms with Gasteiger partial charge >= 0.3 is 5.97 Å². The van der Waals surface area contributed by atoms with Crippen LogP contribution in [-0.2, 0) is 4.79 Å². The molecule has 5 nitrogen and oxygen atoms in total. The third-order valence-electron chi connectivity index (χ3n) is 3.12. The number of carboxylic acid groups (broad SMARTS) is 1. The van der Waals surface area contributed by atoms with Crippen molar-refractivity contribution in [2.75, 3.05) is 5.75 Å². The number of hydrogen-bond acceptors (Lipinski definition) is 5. The Kier molecular flexibility index (Phi) is 3.23. The normalized spacial score (nSPS) is 22.2. The van der Waals surface area contributed by atoms with Crippen LogP contribution in [0.1, 0.15) is 10.9 Å². The summed E-state index contributed by atoms with van der Waals surface area (Å²) in [6.07, 6.45) is 1.30. The molecule has 0 bridgehead atoms. The lowest BCUT2D eigenvalue weighted by molar-refractivity contribution is -0.138. The highest BCUT2D eigenvalue weighted by Crippen LogP contribution is 2.32. The molecule has 1 aromatic heterocycles. The van der Waals surface area contributed by atoms with Gasteiger partial charge < -0.3 is 9.52 Å². The lowest BCUT2D eigenvalue weighted by Gasteiger charge is -2.10. The van der Waals surface area contributed by atoms with Gasteiger partial charge in [-0.15, -0.1) is 11.8 Å². The van der Waals surface area contributed by atoms with Crippen LogP contribution in [0.5, 0.6) is 0 Å². The Hall–Kier alpha value is -1.86. The molecule has 2 atom stereocenters. The van der Waals surface area contributed by atoms with E-state index in [1.165, 1.54) is 30.2 Å². The maximum atomic E-state index is 13.2. The number of aliphatic carboxylic acids is 1. The Morgan fingerprint density at radius 1 is 1.50 bits per heavy atom. The fourth-order valence-corrected chi connectivity index (χ4v) is 3.32. The molecular weight excluding hydrogens is 285 g/mol. The third-order valence-corrected chi connectivity index (χ3v) is 4.37. The van der Waals surface area contributed by atoms with Crippen LogP contribution in [0.4, 0.5) is 4.39 Å². The smallest absolute Gasteiger partial charge is 0.321 e. The van der Waals surface area contributed by atoms with Gasteiger partial charge in [0.2, 0.25) is 0 Å². The first-order chi connectivity index (χ1) is 9.56. The molecule has 1 aromatic carbocycles. The van der Waals surface area contributed by atoms with Gasteiger partial charge in [-0.1, -0.05) is 0 Å². The van der Waals surface area contributed by atoms with Gasteiger partial charge in [0.05, 0.1) is 16.3 Å². The first-order valence-electron chi connectivity index (χ1n) is 5.87. The third kappa shape index (κ3) is 2.19. The molecule has 2 unspecified atom stereocenters. The zero-order chi connectivity index (χ0) is 14.3. The highest BCUT2D eigenvalue weighted by atomic mass is 32.2. The number of rotatable bonds is 2. The topological polar surface area (TPSA) is 79.5 Å². The van der Waals surface area contributed by atoms with Crippen LogP contribution in [0.3, 0.4) is 0 Å². The standard InChI is InChI=1S/C13H10FNO4S/c14-6-1-2-10-7(3-6)11(16)8(4-19-10)12-15-9(5-20-12)13(17)18/h1-4,9,12,15H,5H2,(H,17,18). The van der Waals surface area contributed by atoms with Gasteiger partial charge in [0.1, 0.15) is 23.7 Å². The van der Waals surface area contributed by atoms with Gasteiger partial charge in [-0.05, 0) is 18.2 Å². The molecular formula is C13H10FNO4S. The molecule has 7 heteroatoms. The highest BCUT2D eigenvalue weighted by molar-refractivity contribution is 7.99. The molecule has 2 N–H and O–H groups in total. The SMILES string of the molecule is O=C(O)C1CSC(c2coc3ccc(F)cc3c2=O)N1. The van der Waals surface area contributed by atoms with E-state index in [0.29, 0.717) is 16.9 Å². The summed E-state index contributed by atoms with van der Waals surface area (Å²) in [5.74, 6) is -1.12. The van der Waals surface area contributed by atoms with Crippen LogP contribution < -0.4 is 10.7 Å². The number of hydrogen-bond donors (Lipinski definition) is 2. The van der Waals surface area contributed by atoms with Gasteiger partial charge in [0.15, 0.2) is 5.43 Å². The summed E-state index contributed by atoms with van der Waals surface area (Å²) in [7, 11) is 0. The number of carbonyl (C=O) groups is 1. The molecule has 20 heavy (non-hydrogen) atoms. The second kappa shape index (κ2) is 4.92. The van der Waals surface area contributed by atoms with Crippen molar-refractivity contribution in [3.63, 3.8) is 0 Å². The summed E-state index contributed by atoms with van der Waals surface area (Å²) in [6.45, 7) is 0. The molecule has 0 aliphatic carbocycles. The van der Waals surface area contributed by atoms with E-state index in [4.69, 9.17) is 9.52 Å². The Balaban J connectivity index is 2.03. The molecule has 1 aliphatic heterocycles. The fourth-order valence-electron chi connectivity index (χ4n) is 2.09. The molecule has 2 heterocycles. The van der Waals surface area contributed by atoms with Crippen molar-refractivity contribution in [3.05, 3.63) is 46.1 Å². The summed E-state index contributed by atoms with van der Waals surface area (Å²) in [5.41, 5.74) is 0.261. The Bertz CT molecular complexity index is 745. The van der Waals surface area contributed by atoms with Crippen molar-refractivity contribution in [1.82, 2.24) is 5.32 Å². The largest absolute Gasteiger partial charge is 0.480 e. The van der Waals surface area contributed by atoms with Crippen LogP contribution in [0.2, 0.25) is 0 Å². The predicted molar refractivity (Wildman–Crippen MR) is 72.2 cm³/mol. The first kappa shape index (κ1) is 13.1. The Labute approximate surface area is 116 Å². The number of benzene rings is 1. The van der Waals surface area contributed by atoms with Crippen molar-refractivity contribution in [2.45, 2.75) is 11.4 Å². The van der Waals surface area contributed by atoms with Crippen molar-refractivity contribution in [1.29, 1.82) is 0 Å². The zero-order valence-corrected chi connectivity index (χ0v) is 10.9. The minimum atomic E-state index is -0.962. The number of thioether (sulfide) groups is 1. The van der Waals surface area contributed by atoms with Crippen LogP contribution in [0.25, 0.3) is 11.0 Å². The zero-order valence-electron chi connectivity index (χ0n) is 10.1. The lowest BCUT2D eigenvalue weighted by atomic mass is 10.1. The number of carboxylic acids is 1. The van der Waals surface area contributed by atoms with E-state index < -0.39 is 23.2 Å². The lowest BCUT2D eigenvalue weighted by Crippen LogP contribution is -2.34. The Morgan fingerprint density at radius 2 is 2.30 bits per heavy atom. The minimum absolute atomic E-state index is 0.156. The van der Waals surface area contributed by atoms with E-state index in [2.05, 4.69) is 5.32 Å². The van der Waals surface area contributed by atoms with Gasteiger partial charge in [-0.25, -0.2) is 4.39 Å². The second-order valence-electron chi connectivity index (χ2n) is 4.43. The molecule has 1 aliphatic rings. The van der Waals surface area contributed by atoms with Crippen molar-refractivity contribution in [2.24, 2.45) is 0 Å². The summed E-state index contributed by atoms with van der Waals surface area (Å²) >= 11 is 1.31. The molecule has 104 valence electrons. The van der Waals surface area contributed by atoms with Gasteiger partial charge in [0, 0.05) is 5.75 Å². The van der Waals surface area contributed by atoms with Gasteiger partial charge in [-0.3, -0.25) is 14.9 Å². The van der Waals surface area contributed by atoms with E-state index in [1.54, 1.807) is 0 Å². The predicted octanol–water partition coefficient (Wildman–Crippen LogP) is 1.72. The monoisotopic (exact) mass is 295 g/mol. The molecule has 2 aromatic rings. The van der Waals surface area contributed by atoms with Crippen LogP contribution >= 0.6 is 11.8 Å². The van der Waals surface area contributed by atoms with Crippen molar-refractivity contribution >= 4 is 28.7 Å². The molecule has 0 spiro atoms. The quantitative estimate of drug-likeness (QED) is 0.878. The van der Waals surface area contributed by atoms with Gasteiger partial charge in [-0.2, -0.15) is 0 Å². The second-order valence-corrected chi connectivity index (χ2v) is 5.57. The van der Waals surface area contributed by atoms with E-state index in [-0.39, 0.29) is 10.8 Å². The maximum absolute atomic E-state index is 13.2. The van der Waals surface area contributed by atoms with E-state index in [1.807, 2.05) is 0 Å². The van der Waals surface area contributed by atoms with E-state index in [9.17, 15) is 14.0 Å². The Morgan fingerprint density at radius 3 is 3.00 bits per heavy atom. The maximum Gasteiger partial charge on any atom is 0.321 e. The van der Waals surface area contributed by atoms with Crippen molar-refractivity contribution < 1.29 is 18.7 Å². The highest BCUT2D eigenvalue weighted by Gasteiger charge is 2.32. The average Bonchev–Trinajstić information content (AvgIpc) is 2.89. The van der Waals surface area contributed by atoms with Crippen molar-refractivity contribution in [3.8, 4) is 0 Å². The van der Waals surface area contributed by atoms with Crippen LogP contribution in [0.15, 0.2) is 33.7 Å². The first-order valence-corrected chi connectivity index (χ1v) is 6.92. The molecule has 0 saturated carbocycles. The number of halogens is 1. The summed E-state index contributed by atoms with van der Waals surface area (Å²) < 4.78 is 18.5.